The predicted molar refractivity (Wildman–Crippen MR) is 322 cm³/mol. The summed E-state index contributed by atoms with van der Waals surface area (Å²) in [6, 6.07) is 44.6. The molecule has 8 aromatic rings. The molecule has 0 unspecified atom stereocenters. The van der Waals surface area contributed by atoms with E-state index in [1.807, 2.05) is 22.7 Å². The number of thiophene rings is 2. The Morgan fingerprint density at radius 2 is 0.667 bits per heavy atom. The molecular formula is C70H76N2S3. The highest BCUT2D eigenvalue weighted by atomic mass is 32.1. The summed E-state index contributed by atoms with van der Waals surface area (Å²) in [6.45, 7) is 14.5. The summed E-state index contributed by atoms with van der Waals surface area (Å²) >= 11 is 5.22. The first kappa shape index (κ1) is 48.7. The third kappa shape index (κ3) is 6.47. The Labute approximate surface area is 460 Å². The quantitative estimate of drug-likeness (QED) is 0.122. The van der Waals surface area contributed by atoms with Gasteiger partial charge in [0.2, 0.25) is 0 Å². The van der Waals surface area contributed by atoms with Gasteiger partial charge in [-0.15, -0.1) is 22.7 Å². The normalized spacial score (nSPS) is 28.0. The van der Waals surface area contributed by atoms with Crippen molar-refractivity contribution in [3.8, 4) is 64.0 Å². The summed E-state index contributed by atoms with van der Waals surface area (Å²) < 4.78 is 10.1. The Kier molecular flexibility index (Phi) is 11.6. The lowest BCUT2D eigenvalue weighted by molar-refractivity contribution is -0.0950. The zero-order chi connectivity index (χ0) is 51.0. The lowest BCUT2D eigenvalue weighted by Crippen LogP contribution is -2.62. The van der Waals surface area contributed by atoms with Crippen molar-refractivity contribution < 1.29 is 0 Å². The molecule has 2 spiro atoms. The van der Waals surface area contributed by atoms with Crippen molar-refractivity contribution in [2.45, 2.75) is 181 Å². The second kappa shape index (κ2) is 17.9. The minimum absolute atomic E-state index is 0.0579. The fourth-order valence-corrected chi connectivity index (χ4v) is 22.5. The van der Waals surface area contributed by atoms with Gasteiger partial charge in [0.05, 0.1) is 11.7 Å². The zero-order valence-corrected chi connectivity index (χ0v) is 48.1. The third-order valence-electron chi connectivity index (χ3n) is 21.7. The molecule has 6 aliphatic carbocycles. The maximum Gasteiger partial charge on any atom is 0.114 e. The highest BCUT2D eigenvalue weighted by molar-refractivity contribution is 7.19. The van der Waals surface area contributed by atoms with Crippen LogP contribution in [0.4, 0.5) is 0 Å². The summed E-state index contributed by atoms with van der Waals surface area (Å²) in [4.78, 5) is 5.24. The van der Waals surface area contributed by atoms with Crippen molar-refractivity contribution in [1.82, 2.24) is 8.75 Å². The molecule has 6 aliphatic rings. The first-order valence-corrected chi connectivity index (χ1v) is 32.0. The fraction of sp³-hybridized carbons (Fsp3) is 0.457. The minimum atomic E-state index is 0.0579. The largest absolute Gasteiger partial charge is 0.172 e. The minimum Gasteiger partial charge on any atom is -0.172 e. The van der Waals surface area contributed by atoms with E-state index >= 15 is 0 Å². The van der Waals surface area contributed by atoms with Crippen LogP contribution >= 0.6 is 34.4 Å². The molecule has 384 valence electrons. The number of nitrogens with zero attached hydrogens (tertiary/aromatic N) is 2. The van der Waals surface area contributed by atoms with Crippen LogP contribution in [0.15, 0.2) is 109 Å². The number of hydrogen-bond acceptors (Lipinski definition) is 5. The van der Waals surface area contributed by atoms with Gasteiger partial charge in [-0.05, 0) is 205 Å². The first-order chi connectivity index (χ1) is 36.6. The molecule has 5 aromatic carbocycles. The van der Waals surface area contributed by atoms with Crippen LogP contribution in [-0.4, -0.2) is 8.75 Å². The van der Waals surface area contributed by atoms with Gasteiger partial charge < -0.3 is 0 Å². The van der Waals surface area contributed by atoms with Crippen LogP contribution in [0.5, 0.6) is 0 Å². The van der Waals surface area contributed by atoms with Gasteiger partial charge in [-0.1, -0.05) is 163 Å². The fourth-order valence-electron chi connectivity index (χ4n) is 19.9. The molecule has 3 aromatic heterocycles. The van der Waals surface area contributed by atoms with Crippen molar-refractivity contribution in [3.05, 3.63) is 143 Å². The molecule has 3 heterocycles. The average molecular weight is 1040 g/mol. The monoisotopic (exact) mass is 1040 g/mol. The van der Waals surface area contributed by atoms with E-state index in [1.54, 1.807) is 22.3 Å². The second-order valence-corrected chi connectivity index (χ2v) is 27.8. The smallest absolute Gasteiger partial charge is 0.114 e. The Bertz CT molecular complexity index is 3220. The van der Waals surface area contributed by atoms with E-state index in [4.69, 9.17) is 8.75 Å². The van der Waals surface area contributed by atoms with Crippen LogP contribution in [0.3, 0.4) is 0 Å². The van der Waals surface area contributed by atoms with E-state index in [-0.39, 0.29) is 10.8 Å². The number of aromatic nitrogens is 2. The van der Waals surface area contributed by atoms with Crippen LogP contribution in [0, 0.1) is 35.5 Å². The standard InChI is InChI=1S/C70H76N2S3/c1-7-29-65-33-11-35-66(30-8-2,36-12-34-65)69(65)55-41-45(5)15-19-49(55)51-21-17-47(43-57(51)69)59-25-27-61(73-59)53-23-24-54(64-63(53)71-75-72-64)62-28-26-60(74-62)48-18-22-52-50-20-16-46(6)42-56(50)70(58(52)44-48)67(31-9-3)37-13-39-68(70,32-10-4)40-14-38-67/h15-28,41-44H,7-14,29-40H2,1-6H3. The highest BCUT2D eigenvalue weighted by Crippen LogP contribution is 2.78. The summed E-state index contributed by atoms with van der Waals surface area (Å²) in [5.74, 6) is 0. The molecule has 4 fully saturated rings. The van der Waals surface area contributed by atoms with E-state index in [9.17, 15) is 0 Å². The molecule has 2 nitrogen and oxygen atoms in total. The molecule has 0 amide bonds. The predicted octanol–water partition coefficient (Wildman–Crippen LogP) is 21.5. The van der Waals surface area contributed by atoms with Gasteiger partial charge >= 0.3 is 0 Å². The number of aryl methyl sites for hydroxylation is 2. The second-order valence-electron chi connectivity index (χ2n) is 25.1. The number of fused-ring (bicyclic) bond motifs is 7. The van der Waals surface area contributed by atoms with Gasteiger partial charge in [-0.2, -0.15) is 8.75 Å². The Morgan fingerprint density at radius 3 is 1.01 bits per heavy atom. The lowest BCUT2D eigenvalue weighted by Gasteiger charge is -2.67. The van der Waals surface area contributed by atoms with Gasteiger partial charge in [0, 0.05) is 41.5 Å². The SMILES string of the molecule is CCCC12CCCC(CCC)(CCC1)C21c2cc(C)ccc2-c2ccc(-c3ccc(-c4ccc(-c5ccc(-c6ccc7c(c6)C6(c8cc(C)ccc8-7)C7(CCC)CCCC6(CCC)CCC7)s5)c5nsnc45)s3)cc21. The van der Waals surface area contributed by atoms with Crippen molar-refractivity contribution >= 4 is 45.4 Å². The molecule has 4 saturated carbocycles. The van der Waals surface area contributed by atoms with E-state index in [1.165, 1.54) is 215 Å². The maximum atomic E-state index is 5.07. The number of hydrogen-bond donors (Lipinski definition) is 0. The lowest BCUT2D eigenvalue weighted by atomic mass is 9.36. The van der Waals surface area contributed by atoms with Gasteiger partial charge in [0.25, 0.3) is 0 Å². The molecule has 75 heavy (non-hydrogen) atoms. The van der Waals surface area contributed by atoms with Crippen molar-refractivity contribution in [3.63, 3.8) is 0 Å². The van der Waals surface area contributed by atoms with Crippen molar-refractivity contribution in [2.24, 2.45) is 21.7 Å². The van der Waals surface area contributed by atoms with Crippen LogP contribution in [0.1, 0.15) is 189 Å². The van der Waals surface area contributed by atoms with E-state index in [0.717, 1.165) is 11.0 Å². The summed E-state index contributed by atoms with van der Waals surface area (Å²) in [6.07, 6.45) is 26.7. The van der Waals surface area contributed by atoms with Crippen LogP contribution in [0.2, 0.25) is 0 Å². The van der Waals surface area contributed by atoms with Gasteiger partial charge in [-0.25, -0.2) is 0 Å². The summed E-state index contributed by atoms with van der Waals surface area (Å²) in [7, 11) is 0. The average Bonchev–Trinajstić information content (AvgIpc) is 4.39. The van der Waals surface area contributed by atoms with Crippen LogP contribution in [0.25, 0.3) is 75.0 Å². The molecule has 0 aliphatic heterocycles. The molecule has 0 saturated heterocycles. The van der Waals surface area contributed by atoms with E-state index in [2.05, 4.69) is 151 Å². The molecule has 0 N–H and O–H groups in total. The summed E-state index contributed by atoms with van der Waals surface area (Å²) in [5, 5.41) is 0. The van der Waals surface area contributed by atoms with Gasteiger partial charge in [0.15, 0.2) is 0 Å². The van der Waals surface area contributed by atoms with E-state index in [0.29, 0.717) is 21.7 Å². The zero-order valence-electron chi connectivity index (χ0n) is 45.7. The van der Waals surface area contributed by atoms with Gasteiger partial charge in [0.1, 0.15) is 11.0 Å². The van der Waals surface area contributed by atoms with Crippen LogP contribution < -0.4 is 0 Å². The van der Waals surface area contributed by atoms with Crippen molar-refractivity contribution in [1.29, 1.82) is 0 Å². The van der Waals surface area contributed by atoms with Crippen LogP contribution in [-0.2, 0) is 10.8 Å². The summed E-state index contributed by atoms with van der Waals surface area (Å²) in [5.41, 5.74) is 24.0. The van der Waals surface area contributed by atoms with Crippen molar-refractivity contribution in [2.75, 3.05) is 0 Å². The third-order valence-corrected chi connectivity index (χ3v) is 24.5. The Morgan fingerprint density at radius 1 is 0.360 bits per heavy atom. The maximum absolute atomic E-state index is 5.07. The molecule has 5 heteroatoms. The Balaban J connectivity index is 0.831. The highest BCUT2D eigenvalue weighted by Gasteiger charge is 2.70. The molecule has 0 atom stereocenters. The molecule has 0 radical (unpaired) electrons. The molecular weight excluding hydrogens is 965 g/mol. The number of benzene rings is 5. The number of rotatable bonds is 12. The first-order valence-electron chi connectivity index (χ1n) is 29.6. The molecule has 4 bridgehead atoms. The Hall–Kier alpha value is -4.68. The topological polar surface area (TPSA) is 25.8 Å². The van der Waals surface area contributed by atoms with Gasteiger partial charge in [-0.3, -0.25) is 0 Å². The van der Waals surface area contributed by atoms with E-state index < -0.39 is 0 Å². The molecule has 14 rings (SSSR count).